The van der Waals surface area contributed by atoms with Crippen molar-refractivity contribution in [2.24, 2.45) is 0 Å². The van der Waals surface area contributed by atoms with Gasteiger partial charge in [-0.1, -0.05) is 0 Å². The first-order valence-corrected chi connectivity index (χ1v) is 6.76. The highest BCUT2D eigenvalue weighted by atomic mass is 79.9. The maximum atomic E-state index is 13.6. The molecule has 1 fully saturated rings. The Hall–Kier alpha value is -0.940. The number of nitrogens with zero attached hydrogens (tertiary/aromatic N) is 1. The van der Waals surface area contributed by atoms with E-state index in [0.29, 0.717) is 28.7 Å². The zero-order valence-electron chi connectivity index (χ0n) is 10.5. The van der Waals surface area contributed by atoms with Crippen LogP contribution in [0.25, 0.3) is 0 Å². The summed E-state index contributed by atoms with van der Waals surface area (Å²) in [6.07, 6.45) is 0. The molecule has 0 spiro atoms. The standard InChI is InChI=1S/C13H16BrFN2O/c1-8-5-11(14)10(6-12(8)15)13(18)17-4-3-16-9(2)7-17/h5-6,9,16H,3-4,7H2,1-2H3/t9-/m1/s1. The van der Waals surface area contributed by atoms with Gasteiger partial charge in [-0.15, -0.1) is 0 Å². The predicted octanol–water partition coefficient (Wildman–Crippen LogP) is 2.33. The van der Waals surface area contributed by atoms with Crippen molar-refractivity contribution < 1.29 is 9.18 Å². The summed E-state index contributed by atoms with van der Waals surface area (Å²) in [6, 6.07) is 3.24. The Kier molecular flexibility index (Phi) is 4.02. The van der Waals surface area contributed by atoms with E-state index in [1.807, 2.05) is 6.92 Å². The lowest BCUT2D eigenvalue weighted by Gasteiger charge is -2.32. The van der Waals surface area contributed by atoms with Crippen LogP contribution in [0.4, 0.5) is 4.39 Å². The Morgan fingerprint density at radius 1 is 1.56 bits per heavy atom. The van der Waals surface area contributed by atoms with Gasteiger partial charge in [-0.05, 0) is 47.5 Å². The van der Waals surface area contributed by atoms with Crippen LogP contribution in [-0.4, -0.2) is 36.5 Å². The van der Waals surface area contributed by atoms with Gasteiger partial charge in [0.1, 0.15) is 5.82 Å². The van der Waals surface area contributed by atoms with Gasteiger partial charge in [0.15, 0.2) is 0 Å². The molecule has 1 amide bonds. The van der Waals surface area contributed by atoms with Gasteiger partial charge in [0.05, 0.1) is 5.56 Å². The molecule has 2 rings (SSSR count). The number of benzene rings is 1. The summed E-state index contributed by atoms with van der Waals surface area (Å²) in [4.78, 5) is 14.1. The summed E-state index contributed by atoms with van der Waals surface area (Å²) in [6.45, 7) is 5.80. The van der Waals surface area contributed by atoms with Crippen LogP contribution in [-0.2, 0) is 0 Å². The van der Waals surface area contributed by atoms with Gasteiger partial charge in [0.2, 0.25) is 0 Å². The van der Waals surface area contributed by atoms with Crippen molar-refractivity contribution >= 4 is 21.8 Å². The lowest BCUT2D eigenvalue weighted by Crippen LogP contribution is -2.51. The lowest BCUT2D eigenvalue weighted by atomic mass is 10.1. The van der Waals surface area contributed by atoms with Crippen LogP contribution in [0.3, 0.4) is 0 Å². The minimum atomic E-state index is -0.343. The smallest absolute Gasteiger partial charge is 0.255 e. The molecule has 98 valence electrons. The first-order chi connectivity index (χ1) is 8.49. The molecule has 0 bridgehead atoms. The summed E-state index contributed by atoms with van der Waals surface area (Å²) >= 11 is 3.33. The molecule has 0 aromatic heterocycles. The highest BCUT2D eigenvalue weighted by molar-refractivity contribution is 9.10. The van der Waals surface area contributed by atoms with Crippen molar-refractivity contribution in [1.29, 1.82) is 0 Å². The van der Waals surface area contributed by atoms with Crippen LogP contribution >= 0.6 is 15.9 Å². The van der Waals surface area contributed by atoms with E-state index in [4.69, 9.17) is 0 Å². The summed E-state index contributed by atoms with van der Waals surface area (Å²) in [5.41, 5.74) is 0.930. The second-order valence-corrected chi connectivity index (χ2v) is 5.54. The van der Waals surface area contributed by atoms with Gasteiger partial charge >= 0.3 is 0 Å². The monoisotopic (exact) mass is 314 g/mol. The molecule has 0 aliphatic carbocycles. The minimum Gasteiger partial charge on any atom is -0.336 e. The third-order valence-corrected chi connectivity index (χ3v) is 3.79. The molecule has 0 unspecified atom stereocenters. The van der Waals surface area contributed by atoms with E-state index in [0.717, 1.165) is 6.54 Å². The van der Waals surface area contributed by atoms with Crippen LogP contribution < -0.4 is 5.32 Å². The van der Waals surface area contributed by atoms with Gasteiger partial charge in [-0.25, -0.2) is 4.39 Å². The van der Waals surface area contributed by atoms with Crippen LogP contribution in [0.15, 0.2) is 16.6 Å². The van der Waals surface area contributed by atoms with E-state index >= 15 is 0 Å². The Labute approximate surface area is 114 Å². The van der Waals surface area contributed by atoms with E-state index in [9.17, 15) is 9.18 Å². The Balaban J connectivity index is 2.25. The molecule has 1 N–H and O–H groups in total. The highest BCUT2D eigenvalue weighted by Crippen LogP contribution is 2.23. The number of piperazine rings is 1. The van der Waals surface area contributed by atoms with E-state index in [-0.39, 0.29) is 17.8 Å². The fraction of sp³-hybridized carbons (Fsp3) is 0.462. The van der Waals surface area contributed by atoms with E-state index in [1.165, 1.54) is 6.07 Å². The fourth-order valence-corrected chi connectivity index (χ4v) is 2.72. The van der Waals surface area contributed by atoms with Crippen molar-refractivity contribution in [3.05, 3.63) is 33.5 Å². The molecule has 0 radical (unpaired) electrons. The first kappa shape index (κ1) is 13.5. The molecule has 1 saturated heterocycles. The van der Waals surface area contributed by atoms with Crippen molar-refractivity contribution in [1.82, 2.24) is 10.2 Å². The fourth-order valence-electron chi connectivity index (χ4n) is 2.10. The molecule has 0 saturated carbocycles. The van der Waals surface area contributed by atoms with Crippen LogP contribution in [0.2, 0.25) is 0 Å². The van der Waals surface area contributed by atoms with Gasteiger partial charge in [-0.3, -0.25) is 4.79 Å². The highest BCUT2D eigenvalue weighted by Gasteiger charge is 2.23. The summed E-state index contributed by atoms with van der Waals surface area (Å²) in [5, 5.41) is 3.27. The number of aryl methyl sites for hydroxylation is 1. The molecule has 3 nitrogen and oxygen atoms in total. The van der Waals surface area contributed by atoms with E-state index in [2.05, 4.69) is 21.2 Å². The van der Waals surface area contributed by atoms with Crippen molar-refractivity contribution in [3.8, 4) is 0 Å². The summed E-state index contributed by atoms with van der Waals surface area (Å²) < 4.78 is 14.2. The molecule has 1 aliphatic rings. The predicted molar refractivity (Wildman–Crippen MR) is 72.2 cm³/mol. The Morgan fingerprint density at radius 2 is 2.28 bits per heavy atom. The molecule has 1 aromatic carbocycles. The van der Waals surface area contributed by atoms with Gasteiger partial charge < -0.3 is 10.2 Å². The third kappa shape index (κ3) is 2.72. The minimum absolute atomic E-state index is 0.117. The van der Waals surface area contributed by atoms with Crippen molar-refractivity contribution in [3.63, 3.8) is 0 Å². The maximum absolute atomic E-state index is 13.6. The van der Waals surface area contributed by atoms with Crippen LogP contribution in [0.1, 0.15) is 22.8 Å². The maximum Gasteiger partial charge on any atom is 0.255 e. The number of carbonyl (C=O) groups is 1. The molecular weight excluding hydrogens is 299 g/mol. The molecular formula is C13H16BrFN2O. The number of rotatable bonds is 1. The first-order valence-electron chi connectivity index (χ1n) is 5.97. The van der Waals surface area contributed by atoms with Crippen LogP contribution in [0, 0.1) is 12.7 Å². The molecule has 1 heterocycles. The van der Waals surface area contributed by atoms with Crippen molar-refractivity contribution in [2.45, 2.75) is 19.9 Å². The third-order valence-electron chi connectivity index (χ3n) is 3.13. The number of hydrogen-bond acceptors (Lipinski definition) is 2. The molecule has 1 atom stereocenters. The normalized spacial score (nSPS) is 20.0. The van der Waals surface area contributed by atoms with Gasteiger partial charge in [-0.2, -0.15) is 0 Å². The number of hydrogen-bond donors (Lipinski definition) is 1. The topological polar surface area (TPSA) is 32.3 Å². The average molecular weight is 315 g/mol. The summed E-state index contributed by atoms with van der Waals surface area (Å²) in [5.74, 6) is -0.459. The number of nitrogens with one attached hydrogen (secondary N) is 1. The number of carbonyl (C=O) groups excluding carboxylic acids is 1. The molecule has 5 heteroatoms. The zero-order valence-corrected chi connectivity index (χ0v) is 12.1. The van der Waals surface area contributed by atoms with E-state index in [1.54, 1.807) is 17.9 Å². The van der Waals surface area contributed by atoms with Crippen LogP contribution in [0.5, 0.6) is 0 Å². The average Bonchev–Trinajstić information content (AvgIpc) is 2.33. The SMILES string of the molecule is Cc1cc(Br)c(C(=O)N2CCN[C@H](C)C2)cc1F. The number of amides is 1. The second kappa shape index (κ2) is 5.36. The lowest BCUT2D eigenvalue weighted by molar-refractivity contribution is 0.0707. The zero-order chi connectivity index (χ0) is 13.3. The Morgan fingerprint density at radius 3 is 2.94 bits per heavy atom. The quantitative estimate of drug-likeness (QED) is 0.863. The second-order valence-electron chi connectivity index (χ2n) is 4.69. The van der Waals surface area contributed by atoms with Gasteiger partial charge in [0, 0.05) is 30.1 Å². The van der Waals surface area contributed by atoms with Gasteiger partial charge in [0.25, 0.3) is 5.91 Å². The van der Waals surface area contributed by atoms with Crippen molar-refractivity contribution in [2.75, 3.05) is 19.6 Å². The molecule has 18 heavy (non-hydrogen) atoms. The number of halogens is 2. The largest absolute Gasteiger partial charge is 0.336 e. The van der Waals surface area contributed by atoms with E-state index < -0.39 is 0 Å². The Bertz CT molecular complexity index is 478. The summed E-state index contributed by atoms with van der Waals surface area (Å²) in [7, 11) is 0. The molecule has 1 aliphatic heterocycles. The molecule has 1 aromatic rings.